The van der Waals surface area contributed by atoms with Gasteiger partial charge < -0.3 is 36.1 Å². The van der Waals surface area contributed by atoms with Gasteiger partial charge in [-0.15, -0.1) is 0 Å². The second-order valence-electron chi connectivity index (χ2n) is 15.8. The number of nitrogens with zero attached hydrogens (tertiary/aromatic N) is 7. The number of ether oxygens (including phenoxy) is 1. The van der Waals surface area contributed by atoms with Crippen molar-refractivity contribution in [2.75, 3.05) is 42.2 Å². The van der Waals surface area contributed by atoms with Gasteiger partial charge in [0, 0.05) is 43.4 Å². The molecule has 2 saturated heterocycles. The van der Waals surface area contributed by atoms with Crippen molar-refractivity contribution in [1.82, 2.24) is 34.7 Å². The predicted octanol–water partition coefficient (Wildman–Crippen LogP) is 3.78. The van der Waals surface area contributed by atoms with Crippen molar-refractivity contribution >= 4 is 52.0 Å². The summed E-state index contributed by atoms with van der Waals surface area (Å²) < 4.78 is 65.9. The van der Waals surface area contributed by atoms with Crippen LogP contribution in [0.1, 0.15) is 71.2 Å². The van der Waals surface area contributed by atoms with Gasteiger partial charge in [-0.25, -0.2) is 32.5 Å². The Morgan fingerprint density at radius 1 is 1.00 bits per heavy atom. The molecular formula is C42H43F4N11O6. The van der Waals surface area contributed by atoms with Crippen molar-refractivity contribution in [1.29, 1.82) is 0 Å². The van der Waals surface area contributed by atoms with Gasteiger partial charge >= 0.3 is 0 Å². The van der Waals surface area contributed by atoms with Gasteiger partial charge in [-0.05, 0) is 68.4 Å². The van der Waals surface area contributed by atoms with Crippen LogP contribution in [0.15, 0.2) is 55.2 Å². The van der Waals surface area contributed by atoms with Gasteiger partial charge in [-0.1, -0.05) is 6.07 Å². The molecule has 17 nitrogen and oxygen atoms in total. The van der Waals surface area contributed by atoms with Crippen LogP contribution >= 0.6 is 0 Å². The number of hydrogen-bond acceptors (Lipinski definition) is 14. The molecule has 0 spiro atoms. The van der Waals surface area contributed by atoms with E-state index in [1.165, 1.54) is 24.9 Å². The Morgan fingerprint density at radius 3 is 2.62 bits per heavy atom. The Balaban J connectivity index is 0.914. The molecule has 4 amide bonds. The lowest BCUT2D eigenvalue weighted by Crippen LogP contribution is -2.63. The van der Waals surface area contributed by atoms with Crippen molar-refractivity contribution in [3.05, 3.63) is 83.6 Å². The molecule has 3 aliphatic rings. The molecule has 3 aliphatic heterocycles. The number of aliphatic hydroxyl groups excluding tert-OH is 1. The van der Waals surface area contributed by atoms with Crippen LogP contribution in [0.3, 0.4) is 0 Å². The number of nitrogen functional groups attached to an aromatic ring is 1. The maximum absolute atomic E-state index is 15.8. The fraction of sp³-hybridized carbons (Fsp3) is 0.381. The normalized spacial score (nSPS) is 19.5. The molecule has 0 saturated carbocycles. The number of anilines is 3. The minimum Gasteiger partial charge on any atom is -0.490 e. The van der Waals surface area contributed by atoms with E-state index in [0.717, 1.165) is 17.0 Å². The Morgan fingerprint density at radius 2 is 1.83 bits per heavy atom. The van der Waals surface area contributed by atoms with Crippen LogP contribution in [0.2, 0.25) is 0 Å². The first-order valence-corrected chi connectivity index (χ1v) is 20.3. The number of pyridine rings is 1. The van der Waals surface area contributed by atoms with Gasteiger partial charge in [0.05, 0.1) is 53.7 Å². The average Bonchev–Trinajstić information content (AvgIpc) is 3.79. The van der Waals surface area contributed by atoms with Gasteiger partial charge in [0.25, 0.3) is 18.2 Å². The van der Waals surface area contributed by atoms with E-state index in [1.807, 2.05) is 0 Å². The fourth-order valence-corrected chi connectivity index (χ4v) is 8.36. The van der Waals surface area contributed by atoms with E-state index in [-0.39, 0.29) is 72.9 Å². The van der Waals surface area contributed by atoms with Crippen molar-refractivity contribution in [3.63, 3.8) is 0 Å². The van der Waals surface area contributed by atoms with Crippen molar-refractivity contribution < 1.29 is 46.6 Å². The number of nitrogens with one attached hydrogen (secondary N) is 2. The number of unbranched alkanes of at least 4 members (excludes halogenated alkanes) is 2. The van der Waals surface area contributed by atoms with Crippen molar-refractivity contribution in [2.45, 2.75) is 75.6 Å². The largest absolute Gasteiger partial charge is 0.490 e. The van der Waals surface area contributed by atoms with E-state index in [1.54, 1.807) is 27.7 Å². The number of fused-ring (bicyclic) bond motifs is 2. The van der Waals surface area contributed by atoms with Crippen molar-refractivity contribution in [3.8, 4) is 17.0 Å². The number of carbonyl (C=O) groups is 4. The van der Waals surface area contributed by atoms with Gasteiger partial charge in [0.1, 0.15) is 29.8 Å². The third-order valence-corrected chi connectivity index (χ3v) is 11.6. The Hall–Kier alpha value is -6.74. The maximum Gasteiger partial charge on any atom is 0.265 e. The number of carbonyl (C=O) groups excluding carboxylic acids is 4. The number of nitrogens with two attached hydrogens (primary N) is 2. The molecule has 7 N–H and O–H groups in total. The number of imide groups is 2. The van der Waals surface area contributed by atoms with Crippen LogP contribution < -0.4 is 31.7 Å². The average molecular weight is 874 g/mol. The zero-order valence-corrected chi connectivity index (χ0v) is 33.7. The molecule has 2 fully saturated rings. The van der Waals surface area contributed by atoms with E-state index < -0.39 is 59.4 Å². The molecule has 3 atom stereocenters. The highest BCUT2D eigenvalue weighted by Crippen LogP contribution is 2.36. The second kappa shape index (κ2) is 17.6. The number of benzene rings is 2. The molecule has 330 valence electrons. The molecule has 8 rings (SSSR count). The smallest absolute Gasteiger partial charge is 0.265 e. The number of alkyl halides is 2. The fourth-order valence-electron chi connectivity index (χ4n) is 8.36. The molecule has 21 heteroatoms. The summed E-state index contributed by atoms with van der Waals surface area (Å²) in [5, 5.41) is 15.7. The van der Waals surface area contributed by atoms with E-state index in [2.05, 4.69) is 30.6 Å². The zero-order chi connectivity index (χ0) is 44.6. The third kappa shape index (κ3) is 8.44. The summed E-state index contributed by atoms with van der Waals surface area (Å²) in [6, 6.07) is 7.20. The topological polar surface area (TPSA) is 237 Å². The number of aromatic nitrogens is 5. The lowest BCUT2D eigenvalue weighted by molar-refractivity contribution is -0.136. The predicted molar refractivity (Wildman–Crippen MR) is 220 cm³/mol. The van der Waals surface area contributed by atoms with Crippen LogP contribution in [0.5, 0.6) is 5.75 Å². The molecule has 63 heavy (non-hydrogen) atoms. The van der Waals surface area contributed by atoms with Gasteiger partial charge in [-0.3, -0.25) is 34.4 Å². The standard InChI is InChI=1S/C42H43F4N11O6/c43-25-16-31(63-13-3-1-2-11-49-27-7-4-6-23-33(27)41(62)57(40(23)61)29-8-9-32(58)54-39(29)60)26(44)15-24(25)28-14-22(18-56-21-53-34-37(47)51-20-52-38(34)56)30(17-50-28)55-12-5-10-42(48,19-55)35(59)36(45)46/h4,6-7,14-17,20-21,29,35-36,49,59H,1-3,5,8-13,18-19,48H2,(H2,47,51,52)(H,54,58,60)/t29?,35-,42-/m1/s1. The first kappa shape index (κ1) is 42.9. The zero-order valence-electron chi connectivity index (χ0n) is 33.7. The van der Waals surface area contributed by atoms with Crippen LogP contribution in [0, 0.1) is 11.6 Å². The molecule has 5 aromatic rings. The molecule has 2 aromatic carbocycles. The summed E-state index contributed by atoms with van der Waals surface area (Å²) in [6.45, 7) is 0.830. The maximum atomic E-state index is 15.8. The minimum absolute atomic E-state index is 0.0136. The first-order valence-electron chi connectivity index (χ1n) is 20.3. The first-order chi connectivity index (χ1) is 30.2. The van der Waals surface area contributed by atoms with Crippen LogP contribution in [0.4, 0.5) is 34.8 Å². The highest BCUT2D eigenvalue weighted by Gasteiger charge is 2.46. The number of aliphatic hydroxyl groups is 1. The second-order valence-corrected chi connectivity index (χ2v) is 15.8. The van der Waals surface area contributed by atoms with E-state index in [0.29, 0.717) is 66.9 Å². The number of amides is 4. The SMILES string of the molecule is Nc1ncnc2c1ncn2Cc1cc(-c2cc(F)c(OCCCCCNc3cccc4c3C(=O)N(C3CCC(=O)NC3=O)C4=O)cc2F)ncc1N1CCC[C@](N)([C@H](O)C(F)F)C1. The molecule has 0 bridgehead atoms. The lowest BCUT2D eigenvalue weighted by atomic mass is 9.84. The number of halogens is 4. The summed E-state index contributed by atoms with van der Waals surface area (Å²) in [5.74, 6) is -4.17. The number of hydrogen-bond donors (Lipinski definition) is 5. The monoisotopic (exact) mass is 873 g/mol. The van der Waals surface area contributed by atoms with Crippen LogP contribution in [0.25, 0.3) is 22.4 Å². The Kier molecular flexibility index (Phi) is 12.0. The van der Waals surface area contributed by atoms with Crippen LogP contribution in [-0.4, -0.2) is 108 Å². The summed E-state index contributed by atoms with van der Waals surface area (Å²) in [4.78, 5) is 70.2. The number of rotatable bonds is 15. The van der Waals surface area contributed by atoms with E-state index >= 15 is 8.78 Å². The molecular weight excluding hydrogens is 831 g/mol. The van der Waals surface area contributed by atoms with Gasteiger partial charge in [-0.2, -0.15) is 0 Å². The highest BCUT2D eigenvalue weighted by molar-refractivity contribution is 6.25. The number of piperidine rings is 2. The quantitative estimate of drug-likeness (QED) is 0.0572. The minimum atomic E-state index is -3.06. The lowest BCUT2D eigenvalue weighted by Gasteiger charge is -2.44. The van der Waals surface area contributed by atoms with Gasteiger partial charge in [0.15, 0.2) is 23.0 Å². The summed E-state index contributed by atoms with van der Waals surface area (Å²) >= 11 is 0. The molecule has 6 heterocycles. The Labute approximate surface area is 356 Å². The molecule has 1 unspecified atom stereocenters. The number of imidazole rings is 1. The van der Waals surface area contributed by atoms with E-state index in [4.69, 9.17) is 16.2 Å². The molecule has 3 aromatic heterocycles. The van der Waals surface area contributed by atoms with Crippen LogP contribution in [-0.2, 0) is 16.1 Å². The third-order valence-electron chi connectivity index (χ3n) is 11.6. The summed E-state index contributed by atoms with van der Waals surface area (Å²) in [7, 11) is 0. The van der Waals surface area contributed by atoms with E-state index in [9.17, 15) is 33.1 Å². The molecule has 0 aliphatic carbocycles. The summed E-state index contributed by atoms with van der Waals surface area (Å²) in [6.07, 6.45) is 1.36. The van der Waals surface area contributed by atoms with Crippen molar-refractivity contribution in [2.24, 2.45) is 5.73 Å². The van der Waals surface area contributed by atoms with Gasteiger partial charge in [0.2, 0.25) is 11.8 Å². The molecule has 0 radical (unpaired) electrons. The summed E-state index contributed by atoms with van der Waals surface area (Å²) in [5.41, 5.74) is 13.1. The highest BCUT2D eigenvalue weighted by atomic mass is 19.3. The Bertz CT molecular complexity index is 2610.